The number of aliphatic hydroxyl groups is 1. The van der Waals surface area contributed by atoms with Gasteiger partial charge in [-0.3, -0.25) is 9.59 Å². The molecule has 0 amide bonds. The van der Waals surface area contributed by atoms with Crippen LogP contribution in [0.15, 0.2) is 12.2 Å². The number of ketones is 1. The fourth-order valence-corrected chi connectivity index (χ4v) is 19.5. The number of carbonyl (C=O) groups excluding carboxylic acids is 1. The molecule has 67 heavy (non-hydrogen) atoms. The number of ether oxygens (including phenoxy) is 5. The van der Waals surface area contributed by atoms with E-state index in [0.717, 1.165) is 74.8 Å². The number of carbonyl (C=O) groups is 2. The summed E-state index contributed by atoms with van der Waals surface area (Å²) in [6.07, 6.45) is 8.66. The maximum absolute atomic E-state index is 14.9. The molecule has 2 N–H and O–H groups in total. The van der Waals surface area contributed by atoms with Crippen LogP contribution in [0, 0.1) is 41.4 Å². The van der Waals surface area contributed by atoms with Crippen LogP contribution >= 0.6 is 0 Å². The van der Waals surface area contributed by atoms with E-state index in [9.17, 15) is 19.8 Å². The predicted octanol–water partition coefficient (Wildman–Crippen LogP) is 12.2. The van der Waals surface area contributed by atoms with Crippen molar-refractivity contribution in [1.82, 2.24) is 0 Å². The highest BCUT2D eigenvalue weighted by molar-refractivity contribution is 6.74. The Kier molecular flexibility index (Phi) is 19.4. The maximum atomic E-state index is 14.9. The highest BCUT2D eigenvalue weighted by Crippen LogP contribution is 2.56. The van der Waals surface area contributed by atoms with Gasteiger partial charge in [-0.15, -0.1) is 0 Å². The maximum Gasteiger partial charge on any atom is 0.309 e. The van der Waals surface area contributed by atoms with Crippen LogP contribution in [0.1, 0.15) is 175 Å². The number of hydrogen-bond acceptors (Lipinski definition) is 10. The topological polar surface area (TPSA) is 139 Å². The van der Waals surface area contributed by atoms with Gasteiger partial charge < -0.3 is 42.7 Å². The van der Waals surface area contributed by atoms with Crippen molar-refractivity contribution in [1.29, 1.82) is 0 Å². The molecule has 0 unspecified atom stereocenters. The smallest absolute Gasteiger partial charge is 0.309 e. The zero-order chi connectivity index (χ0) is 49.9. The molecule has 2 spiro atoms. The Bertz CT molecular complexity index is 1640. The second-order valence-corrected chi connectivity index (χ2v) is 32.0. The Morgan fingerprint density at radius 3 is 1.91 bits per heavy atom. The molecule has 0 aromatic heterocycles. The van der Waals surface area contributed by atoms with Crippen LogP contribution in [-0.2, 0) is 42.1 Å². The second-order valence-electron chi connectivity index (χ2n) is 22.6. The molecule has 5 aliphatic rings. The Labute approximate surface area is 409 Å². The molecule has 4 saturated heterocycles. The van der Waals surface area contributed by atoms with Gasteiger partial charge in [-0.05, 0) is 126 Å². The minimum Gasteiger partial charge on any atom is -0.481 e. The number of hydrogen-bond donors (Lipinski definition) is 2. The third kappa shape index (κ3) is 11.2. The summed E-state index contributed by atoms with van der Waals surface area (Å²) in [4.78, 5) is 26.9. The molecule has 18 atom stereocenters. The molecule has 0 aromatic rings. The third-order valence-electron chi connectivity index (χ3n) is 19.0. The predicted molar refractivity (Wildman–Crippen MR) is 271 cm³/mol. The molecule has 5 heterocycles. The summed E-state index contributed by atoms with van der Waals surface area (Å²) in [5, 5.41) is 21.9. The van der Waals surface area contributed by atoms with Crippen LogP contribution in [0.5, 0.6) is 0 Å². The summed E-state index contributed by atoms with van der Waals surface area (Å²) in [5.74, 6) is -5.22. The average Bonchev–Trinajstić information content (AvgIpc) is 3.67. The average molecular weight is 980 g/mol. The molecule has 4 fully saturated rings. The van der Waals surface area contributed by atoms with E-state index in [1.807, 2.05) is 27.7 Å². The molecule has 11 nitrogen and oxygen atoms in total. The van der Waals surface area contributed by atoms with E-state index in [1.54, 1.807) is 0 Å². The summed E-state index contributed by atoms with van der Waals surface area (Å²) in [7, 11) is -4.06. The van der Waals surface area contributed by atoms with E-state index >= 15 is 0 Å². The lowest BCUT2D eigenvalue weighted by Crippen LogP contribution is -2.64. The second kappa shape index (κ2) is 22.8. The van der Waals surface area contributed by atoms with Crippen LogP contribution in [0.2, 0.25) is 36.3 Å². The van der Waals surface area contributed by atoms with Gasteiger partial charge in [0.25, 0.3) is 0 Å². The van der Waals surface area contributed by atoms with E-state index in [4.69, 9.17) is 32.5 Å². The number of rotatable bonds is 22. The van der Waals surface area contributed by atoms with Gasteiger partial charge in [0.1, 0.15) is 11.9 Å². The minimum absolute atomic E-state index is 0.0298. The fraction of sp³-hybridized carbons (Fsp3) is 0.926. The summed E-state index contributed by atoms with van der Waals surface area (Å²) in [5.41, 5.74) is -0.960. The van der Waals surface area contributed by atoms with Crippen LogP contribution in [0.4, 0.5) is 0 Å². The summed E-state index contributed by atoms with van der Waals surface area (Å²) >= 11 is 0. The van der Waals surface area contributed by atoms with Gasteiger partial charge >= 0.3 is 5.97 Å². The van der Waals surface area contributed by atoms with E-state index in [2.05, 4.69) is 95.2 Å². The standard InChI is InChI=1S/C54H98O11Si2/c1-17-41(50(57)58)43-27-26-35(10)48(60-43)39(14)46(55)38(13)47(56)42(18-2)49-36(11)34-37(12)53(61-49)31-29-45(62-66(20-4,21-5)22-6)54(64-53)33-32-51(16,63-54)44-28-30-52(19-3,40(15)59-44)65-67(23-7,24-8)25-9/h29,31,35-46,48-49,55H,17-28,30,32-34H2,1-16H3,(H,57,58)/t35-,36-,37+,38-,39-,40-,41-,42-,43+,44+,45+,46+,48+,49-,51-,52+,53+,54-/m0/s1. The zero-order valence-corrected chi connectivity index (χ0v) is 47.1. The highest BCUT2D eigenvalue weighted by Gasteiger charge is 2.64. The molecule has 0 bridgehead atoms. The summed E-state index contributed by atoms with van der Waals surface area (Å²) in [6, 6.07) is 6.29. The molecular weight excluding hydrogens is 881 g/mol. The number of carboxylic acids is 1. The van der Waals surface area contributed by atoms with Crippen molar-refractivity contribution in [3.8, 4) is 0 Å². The van der Waals surface area contributed by atoms with Crippen LogP contribution in [0.3, 0.4) is 0 Å². The monoisotopic (exact) mass is 979 g/mol. The molecule has 0 radical (unpaired) electrons. The first-order valence-electron chi connectivity index (χ1n) is 27.5. The highest BCUT2D eigenvalue weighted by atomic mass is 28.4. The van der Waals surface area contributed by atoms with E-state index in [1.165, 1.54) is 0 Å². The molecule has 13 heteroatoms. The lowest BCUT2D eigenvalue weighted by Gasteiger charge is -2.56. The lowest BCUT2D eigenvalue weighted by atomic mass is 9.72. The van der Waals surface area contributed by atoms with Crippen molar-refractivity contribution in [3.63, 3.8) is 0 Å². The van der Waals surface area contributed by atoms with E-state index in [-0.39, 0.29) is 53.4 Å². The van der Waals surface area contributed by atoms with Gasteiger partial charge in [0.15, 0.2) is 22.4 Å². The number of Topliss-reactive ketones (excluding diaryl/α,β-unsaturated/α-hetero) is 1. The lowest BCUT2D eigenvalue weighted by molar-refractivity contribution is -0.407. The normalized spacial score (nSPS) is 39.6. The zero-order valence-electron chi connectivity index (χ0n) is 45.1. The molecule has 5 aliphatic heterocycles. The number of carboxylic acid groups (broad SMARTS) is 1. The van der Waals surface area contributed by atoms with Crippen molar-refractivity contribution in [3.05, 3.63) is 12.2 Å². The molecular formula is C54H98O11Si2. The van der Waals surface area contributed by atoms with Gasteiger partial charge in [0, 0.05) is 30.1 Å². The van der Waals surface area contributed by atoms with E-state index < -0.39 is 81.9 Å². The van der Waals surface area contributed by atoms with Gasteiger partial charge in [-0.1, -0.05) is 103 Å². The van der Waals surface area contributed by atoms with Crippen molar-refractivity contribution in [2.75, 3.05) is 0 Å². The molecule has 388 valence electrons. The Morgan fingerprint density at radius 2 is 1.37 bits per heavy atom. The van der Waals surface area contributed by atoms with Crippen LogP contribution < -0.4 is 0 Å². The third-order valence-corrected chi connectivity index (χ3v) is 28.4. The van der Waals surface area contributed by atoms with Crippen molar-refractivity contribution < 1.29 is 52.3 Å². The van der Waals surface area contributed by atoms with Crippen molar-refractivity contribution in [2.45, 2.75) is 277 Å². The fourth-order valence-electron chi connectivity index (χ4n) is 13.5. The van der Waals surface area contributed by atoms with Crippen LogP contribution in [-0.4, -0.2) is 104 Å². The van der Waals surface area contributed by atoms with E-state index in [0.29, 0.717) is 25.7 Å². The minimum atomic E-state index is -2.16. The van der Waals surface area contributed by atoms with Gasteiger partial charge in [0.2, 0.25) is 5.79 Å². The molecule has 0 aromatic carbocycles. The Hall–Kier alpha value is -1.01. The quantitative estimate of drug-likeness (QED) is 0.0791. The first-order chi connectivity index (χ1) is 31.6. The Morgan fingerprint density at radius 1 is 0.761 bits per heavy atom. The SMILES string of the molecule is CC[C@H](C(=O)O)[C@H]1CC[C@H](C)[C@H]([C@@H](C)[C@H](O)[C@H](C)C(=O)[C@H](CC)[C@H]2O[C@@]3(C=C[C@@H](O[Si](CC)(CC)CC)[C@]4(CC[C@@](C)([C@H]5CC[C@@](CC)(O[Si](CC)(CC)CC)[C@H](C)O5)O4)O3)[C@H](C)C[C@@H]2C)O1. The largest absolute Gasteiger partial charge is 0.481 e. The molecule has 0 aliphatic carbocycles. The first kappa shape index (κ1) is 56.9. The first-order valence-corrected chi connectivity index (χ1v) is 32.5. The number of aliphatic hydroxyl groups excluding tert-OH is 1. The summed E-state index contributed by atoms with van der Waals surface area (Å²) < 4.78 is 50.8. The van der Waals surface area contributed by atoms with Crippen molar-refractivity contribution in [2.24, 2.45) is 41.4 Å². The molecule has 0 saturated carbocycles. The Balaban J connectivity index is 1.42. The van der Waals surface area contributed by atoms with Gasteiger partial charge in [-0.2, -0.15) is 0 Å². The van der Waals surface area contributed by atoms with Crippen molar-refractivity contribution >= 4 is 28.4 Å². The van der Waals surface area contributed by atoms with Gasteiger partial charge in [-0.25, -0.2) is 0 Å². The molecule has 5 rings (SSSR count). The van der Waals surface area contributed by atoms with Crippen LogP contribution in [0.25, 0.3) is 0 Å². The number of aliphatic carboxylic acids is 1. The summed E-state index contributed by atoms with van der Waals surface area (Å²) in [6.45, 7) is 34.5. The van der Waals surface area contributed by atoms with Gasteiger partial charge in [0.05, 0.1) is 53.7 Å².